The molecule has 114 valence electrons. The summed E-state index contributed by atoms with van der Waals surface area (Å²) in [6, 6.07) is 0. The van der Waals surface area contributed by atoms with Gasteiger partial charge in [-0.15, -0.1) is 0 Å². The minimum Gasteiger partial charge on any atom is -0.317 e. The van der Waals surface area contributed by atoms with Crippen LogP contribution >= 0.6 is 23.5 Å². The highest BCUT2D eigenvalue weighted by molar-refractivity contribution is 8.06. The second-order valence-electron chi connectivity index (χ2n) is 4.69. The summed E-state index contributed by atoms with van der Waals surface area (Å²) in [7, 11) is -3.07. The molecule has 1 heterocycles. The SMILES string of the molecule is CCCNCCCCS(=O)(=O)NCC1CSCCS1. The Morgan fingerprint density at radius 3 is 2.74 bits per heavy atom. The number of rotatable bonds is 10. The van der Waals surface area contributed by atoms with Gasteiger partial charge in [0.15, 0.2) is 0 Å². The van der Waals surface area contributed by atoms with Gasteiger partial charge in [-0.25, -0.2) is 13.1 Å². The van der Waals surface area contributed by atoms with E-state index in [1.807, 2.05) is 23.5 Å². The zero-order valence-corrected chi connectivity index (χ0v) is 14.1. The molecule has 2 N–H and O–H groups in total. The molecule has 1 aliphatic rings. The lowest BCUT2D eigenvalue weighted by molar-refractivity contribution is 0.573. The van der Waals surface area contributed by atoms with E-state index in [-0.39, 0.29) is 5.75 Å². The van der Waals surface area contributed by atoms with Crippen molar-refractivity contribution < 1.29 is 8.42 Å². The molecule has 0 amide bonds. The Kier molecular flexibility index (Phi) is 9.57. The van der Waals surface area contributed by atoms with Gasteiger partial charge in [0, 0.05) is 29.1 Å². The van der Waals surface area contributed by atoms with Crippen LogP contribution in [0.5, 0.6) is 0 Å². The van der Waals surface area contributed by atoms with E-state index in [1.165, 1.54) is 5.75 Å². The fourth-order valence-corrected chi connectivity index (χ4v) is 5.69. The molecule has 1 unspecified atom stereocenters. The molecule has 1 rings (SSSR count). The predicted octanol–water partition coefficient (Wildman–Crippen LogP) is 1.53. The Balaban J connectivity index is 2.06. The highest BCUT2D eigenvalue weighted by atomic mass is 32.2. The first-order chi connectivity index (χ1) is 9.14. The lowest BCUT2D eigenvalue weighted by atomic mass is 10.3. The Hall–Kier alpha value is 0.570. The predicted molar refractivity (Wildman–Crippen MR) is 87.8 cm³/mol. The lowest BCUT2D eigenvalue weighted by Gasteiger charge is -2.21. The molecule has 1 fully saturated rings. The molecular formula is C12H26N2O2S3. The highest BCUT2D eigenvalue weighted by Gasteiger charge is 2.17. The normalized spacial score (nSPS) is 20.6. The van der Waals surface area contributed by atoms with Crippen molar-refractivity contribution in [1.82, 2.24) is 10.0 Å². The van der Waals surface area contributed by atoms with Gasteiger partial charge in [0.1, 0.15) is 0 Å². The minimum atomic E-state index is -3.07. The highest BCUT2D eigenvalue weighted by Crippen LogP contribution is 2.23. The van der Waals surface area contributed by atoms with Crippen molar-refractivity contribution in [1.29, 1.82) is 0 Å². The summed E-state index contributed by atoms with van der Waals surface area (Å²) in [5.74, 6) is 3.65. The first kappa shape index (κ1) is 17.6. The first-order valence-corrected chi connectivity index (χ1v) is 10.9. The maximum absolute atomic E-state index is 11.8. The molecule has 0 aromatic heterocycles. The number of hydrogen-bond acceptors (Lipinski definition) is 5. The van der Waals surface area contributed by atoms with Crippen LogP contribution in [0.15, 0.2) is 0 Å². The van der Waals surface area contributed by atoms with Gasteiger partial charge < -0.3 is 5.32 Å². The van der Waals surface area contributed by atoms with E-state index >= 15 is 0 Å². The summed E-state index contributed by atoms with van der Waals surface area (Å²) in [5.41, 5.74) is 0. The summed E-state index contributed by atoms with van der Waals surface area (Å²) < 4.78 is 26.4. The number of hydrogen-bond donors (Lipinski definition) is 2. The van der Waals surface area contributed by atoms with Crippen molar-refractivity contribution in [3.63, 3.8) is 0 Å². The van der Waals surface area contributed by atoms with Gasteiger partial charge in [0.05, 0.1) is 5.75 Å². The van der Waals surface area contributed by atoms with E-state index in [2.05, 4.69) is 17.0 Å². The molecule has 7 heteroatoms. The van der Waals surface area contributed by atoms with Crippen LogP contribution in [0.1, 0.15) is 26.2 Å². The standard InChI is InChI=1S/C12H26N2O2S3/c1-2-5-13-6-3-4-9-19(15,16)14-10-12-11-17-7-8-18-12/h12-14H,2-11H2,1H3. The lowest BCUT2D eigenvalue weighted by Crippen LogP contribution is -2.35. The molecule has 0 aromatic rings. The Bertz CT molecular complexity index is 317. The Labute approximate surface area is 126 Å². The summed E-state index contributed by atoms with van der Waals surface area (Å²) >= 11 is 3.80. The summed E-state index contributed by atoms with van der Waals surface area (Å²) in [6.07, 6.45) is 2.78. The van der Waals surface area contributed by atoms with Crippen LogP contribution in [0.4, 0.5) is 0 Å². The second-order valence-corrected chi connectivity index (χ2v) is 9.18. The van der Waals surface area contributed by atoms with Crippen molar-refractivity contribution in [2.24, 2.45) is 0 Å². The third kappa shape index (κ3) is 9.18. The van der Waals surface area contributed by atoms with Crippen LogP contribution < -0.4 is 10.0 Å². The van der Waals surface area contributed by atoms with E-state index in [4.69, 9.17) is 0 Å². The van der Waals surface area contributed by atoms with Crippen molar-refractivity contribution in [3.05, 3.63) is 0 Å². The maximum atomic E-state index is 11.8. The van der Waals surface area contributed by atoms with Crippen LogP contribution in [0.2, 0.25) is 0 Å². The van der Waals surface area contributed by atoms with Gasteiger partial charge in [-0.1, -0.05) is 6.92 Å². The molecular weight excluding hydrogens is 300 g/mol. The number of thioether (sulfide) groups is 2. The first-order valence-electron chi connectivity index (χ1n) is 7.01. The smallest absolute Gasteiger partial charge is 0.211 e. The number of unbranched alkanes of at least 4 members (excludes halogenated alkanes) is 1. The molecule has 4 nitrogen and oxygen atoms in total. The zero-order valence-electron chi connectivity index (χ0n) is 11.7. The van der Waals surface area contributed by atoms with Crippen molar-refractivity contribution in [2.45, 2.75) is 31.4 Å². The van der Waals surface area contributed by atoms with Gasteiger partial charge in [0.25, 0.3) is 0 Å². The van der Waals surface area contributed by atoms with Crippen LogP contribution in [0.3, 0.4) is 0 Å². The van der Waals surface area contributed by atoms with Gasteiger partial charge in [0.2, 0.25) is 10.0 Å². The van der Waals surface area contributed by atoms with E-state index in [1.54, 1.807) is 0 Å². The number of sulfonamides is 1. The number of nitrogens with one attached hydrogen (secondary N) is 2. The van der Waals surface area contributed by atoms with Crippen LogP contribution in [0, 0.1) is 0 Å². The average molecular weight is 327 g/mol. The van der Waals surface area contributed by atoms with Gasteiger partial charge in [-0.2, -0.15) is 23.5 Å². The third-order valence-electron chi connectivity index (χ3n) is 2.86. The van der Waals surface area contributed by atoms with Crippen LogP contribution in [0.25, 0.3) is 0 Å². The minimum absolute atomic E-state index is 0.255. The van der Waals surface area contributed by atoms with Crippen molar-refractivity contribution in [2.75, 3.05) is 42.6 Å². The van der Waals surface area contributed by atoms with Gasteiger partial charge in [-0.3, -0.25) is 0 Å². The molecule has 0 aromatic carbocycles. The molecule has 1 saturated heterocycles. The van der Waals surface area contributed by atoms with Crippen LogP contribution in [-0.4, -0.2) is 56.3 Å². The fraction of sp³-hybridized carbons (Fsp3) is 1.00. The molecule has 0 spiro atoms. The van der Waals surface area contributed by atoms with E-state index in [0.29, 0.717) is 11.8 Å². The quantitative estimate of drug-likeness (QED) is 0.596. The monoisotopic (exact) mass is 326 g/mol. The third-order valence-corrected chi connectivity index (χ3v) is 7.14. The zero-order chi connectivity index (χ0) is 14.0. The van der Waals surface area contributed by atoms with Crippen molar-refractivity contribution in [3.8, 4) is 0 Å². The molecule has 0 bridgehead atoms. The molecule has 1 aliphatic heterocycles. The Morgan fingerprint density at radius 1 is 1.21 bits per heavy atom. The van der Waals surface area contributed by atoms with Gasteiger partial charge >= 0.3 is 0 Å². The molecule has 0 aliphatic carbocycles. The largest absolute Gasteiger partial charge is 0.317 e. The molecule has 1 atom stereocenters. The maximum Gasteiger partial charge on any atom is 0.211 e. The molecule has 0 saturated carbocycles. The van der Waals surface area contributed by atoms with Gasteiger partial charge in [-0.05, 0) is 32.4 Å². The van der Waals surface area contributed by atoms with Crippen molar-refractivity contribution >= 4 is 33.5 Å². The van der Waals surface area contributed by atoms with E-state index in [9.17, 15) is 8.42 Å². The van der Waals surface area contributed by atoms with E-state index in [0.717, 1.165) is 43.9 Å². The fourth-order valence-electron chi connectivity index (χ4n) is 1.79. The Morgan fingerprint density at radius 2 is 2.05 bits per heavy atom. The summed E-state index contributed by atoms with van der Waals surface area (Å²) in [4.78, 5) is 0. The molecule has 0 radical (unpaired) electrons. The topological polar surface area (TPSA) is 58.2 Å². The summed E-state index contributed by atoms with van der Waals surface area (Å²) in [6.45, 7) is 4.65. The molecule has 19 heavy (non-hydrogen) atoms. The van der Waals surface area contributed by atoms with Crippen LogP contribution in [-0.2, 0) is 10.0 Å². The summed E-state index contributed by atoms with van der Waals surface area (Å²) in [5, 5.41) is 3.73. The second kappa shape index (κ2) is 10.3. The van der Waals surface area contributed by atoms with E-state index < -0.39 is 10.0 Å². The average Bonchev–Trinajstić information content (AvgIpc) is 2.42.